The van der Waals surface area contributed by atoms with Gasteiger partial charge in [-0.25, -0.2) is 14.8 Å². The smallest absolute Gasteiger partial charge is 0.407 e. The van der Waals surface area contributed by atoms with Crippen LogP contribution in [0.5, 0.6) is 0 Å². The molecular formula is C24H28N6O2. The molecule has 1 N–H and O–H groups in total. The van der Waals surface area contributed by atoms with Crippen LogP contribution in [0.1, 0.15) is 32.4 Å². The number of hydrogen-bond donors (Lipinski definition) is 1. The molecule has 2 aliphatic rings. The minimum Gasteiger partial charge on any atom is -0.442 e. The fourth-order valence-corrected chi connectivity index (χ4v) is 4.12. The van der Waals surface area contributed by atoms with Crippen LogP contribution in [0.4, 0.5) is 16.4 Å². The molecule has 8 nitrogen and oxygen atoms in total. The summed E-state index contributed by atoms with van der Waals surface area (Å²) in [6.07, 6.45) is 2.96. The van der Waals surface area contributed by atoms with Gasteiger partial charge in [0.1, 0.15) is 11.9 Å². The number of nitrogens with one attached hydrogen (secondary N) is 1. The summed E-state index contributed by atoms with van der Waals surface area (Å²) >= 11 is 0. The summed E-state index contributed by atoms with van der Waals surface area (Å²) in [4.78, 5) is 30.4. The van der Waals surface area contributed by atoms with Crippen molar-refractivity contribution in [3.8, 4) is 0 Å². The average molecular weight is 433 g/mol. The Kier molecular flexibility index (Phi) is 5.07. The lowest BCUT2D eigenvalue weighted by Gasteiger charge is -2.44. The molecule has 4 heterocycles. The average Bonchev–Trinajstić information content (AvgIpc) is 2.68. The van der Waals surface area contributed by atoms with Gasteiger partial charge < -0.3 is 19.9 Å². The summed E-state index contributed by atoms with van der Waals surface area (Å²) in [6.45, 7) is 8.78. The molecule has 2 aliphatic heterocycles. The molecule has 8 heteroatoms. The molecule has 0 atom stereocenters. The molecule has 2 aromatic heterocycles. The van der Waals surface area contributed by atoms with Crippen molar-refractivity contribution in [3.05, 3.63) is 54.5 Å². The zero-order valence-electron chi connectivity index (χ0n) is 18.7. The maximum Gasteiger partial charge on any atom is 0.407 e. The van der Waals surface area contributed by atoms with E-state index in [1.54, 1.807) is 12.4 Å². The maximum absolute atomic E-state index is 12.0. The maximum atomic E-state index is 12.0. The van der Waals surface area contributed by atoms with Gasteiger partial charge in [-0.15, -0.1) is 0 Å². The van der Waals surface area contributed by atoms with Gasteiger partial charge in [-0.05, 0) is 39.0 Å². The Balaban J connectivity index is 1.20. The van der Waals surface area contributed by atoms with Crippen molar-refractivity contribution < 1.29 is 9.53 Å². The second kappa shape index (κ2) is 7.93. The first kappa shape index (κ1) is 20.5. The number of alkyl carbamates (subject to hydrolysis) is 1. The van der Waals surface area contributed by atoms with Crippen LogP contribution in [0.2, 0.25) is 0 Å². The van der Waals surface area contributed by atoms with Gasteiger partial charge in [0, 0.05) is 42.3 Å². The fourth-order valence-electron chi connectivity index (χ4n) is 4.12. The minimum absolute atomic E-state index is 0.133. The Bertz CT molecular complexity index is 1130. The summed E-state index contributed by atoms with van der Waals surface area (Å²) in [5, 5.41) is 3.98. The van der Waals surface area contributed by atoms with Gasteiger partial charge in [0.25, 0.3) is 0 Å². The van der Waals surface area contributed by atoms with Crippen molar-refractivity contribution in [1.82, 2.24) is 20.3 Å². The predicted octanol–water partition coefficient (Wildman–Crippen LogP) is 3.34. The Hall–Kier alpha value is -3.42. The first-order valence-electron chi connectivity index (χ1n) is 11.0. The Labute approximate surface area is 187 Å². The summed E-state index contributed by atoms with van der Waals surface area (Å²) in [7, 11) is 0. The lowest BCUT2D eigenvalue weighted by atomic mass is 9.94. The summed E-state index contributed by atoms with van der Waals surface area (Å²) in [5.74, 6) is 2.18. The molecule has 0 unspecified atom stereocenters. The number of carbonyl (C=O) groups is 1. The van der Waals surface area contributed by atoms with Crippen molar-refractivity contribution in [2.75, 3.05) is 36.0 Å². The topological polar surface area (TPSA) is 83.5 Å². The zero-order valence-corrected chi connectivity index (χ0v) is 18.7. The van der Waals surface area contributed by atoms with Crippen LogP contribution in [-0.4, -0.2) is 58.9 Å². The molecule has 3 aromatic rings. The van der Waals surface area contributed by atoms with E-state index in [2.05, 4.69) is 43.3 Å². The number of nitrogens with zero attached hydrogens (tertiary/aromatic N) is 5. The van der Waals surface area contributed by atoms with E-state index in [4.69, 9.17) is 9.72 Å². The van der Waals surface area contributed by atoms with Crippen molar-refractivity contribution in [1.29, 1.82) is 0 Å². The molecule has 0 radical (unpaired) electrons. The molecule has 2 saturated heterocycles. The third-order valence-electron chi connectivity index (χ3n) is 5.78. The van der Waals surface area contributed by atoms with Crippen molar-refractivity contribution in [2.24, 2.45) is 0 Å². The highest BCUT2D eigenvalue weighted by Gasteiger charge is 2.38. The molecular weight excluding hydrogens is 404 g/mol. The van der Waals surface area contributed by atoms with E-state index >= 15 is 0 Å². The molecule has 0 aliphatic carbocycles. The number of fused-ring (bicyclic) bond motifs is 1. The third kappa shape index (κ3) is 4.17. The predicted molar refractivity (Wildman–Crippen MR) is 124 cm³/mol. The Morgan fingerprint density at radius 3 is 2.53 bits per heavy atom. The molecule has 32 heavy (non-hydrogen) atoms. The number of benzene rings is 1. The fraction of sp³-hybridized carbons (Fsp3) is 0.417. The van der Waals surface area contributed by atoms with Gasteiger partial charge in [0.2, 0.25) is 0 Å². The monoisotopic (exact) mass is 432 g/mol. The number of pyridine rings is 1. The normalized spacial score (nSPS) is 17.1. The molecule has 5 rings (SSSR count). The summed E-state index contributed by atoms with van der Waals surface area (Å²) < 4.78 is 5.51. The van der Waals surface area contributed by atoms with Gasteiger partial charge in [-0.2, -0.15) is 0 Å². The zero-order chi connectivity index (χ0) is 22.3. The molecule has 0 saturated carbocycles. The van der Waals surface area contributed by atoms with Crippen LogP contribution in [0.25, 0.3) is 10.9 Å². The first-order valence-corrected chi connectivity index (χ1v) is 11.0. The van der Waals surface area contributed by atoms with Crippen molar-refractivity contribution in [2.45, 2.75) is 38.3 Å². The molecule has 2 fully saturated rings. The number of para-hydroxylation sites is 1. The quantitative estimate of drug-likeness (QED) is 0.677. The second-order valence-electron chi connectivity index (χ2n) is 9.54. The van der Waals surface area contributed by atoms with E-state index in [0.29, 0.717) is 19.0 Å². The van der Waals surface area contributed by atoms with E-state index < -0.39 is 0 Å². The summed E-state index contributed by atoms with van der Waals surface area (Å²) in [5.41, 5.74) is 1.70. The van der Waals surface area contributed by atoms with Crippen molar-refractivity contribution >= 4 is 28.6 Å². The van der Waals surface area contributed by atoms with Gasteiger partial charge >= 0.3 is 6.09 Å². The highest BCUT2D eigenvalue weighted by molar-refractivity contribution is 5.80. The number of ether oxygens (including phenoxy) is 1. The van der Waals surface area contributed by atoms with E-state index in [-0.39, 0.29) is 17.7 Å². The standard InChI is InChI=1S/C24H28N6O2/c1-24(2,3)28-23(31)32-18-14-30(15-18)22-21(25-10-11-26-22)17-12-29(13-17)20-9-8-16-6-4-5-7-19(16)27-20/h4-11,17-18H,12-15H2,1-3H3,(H,28,31). The minimum atomic E-state index is -0.376. The number of aromatic nitrogens is 3. The summed E-state index contributed by atoms with van der Waals surface area (Å²) in [6, 6.07) is 12.4. The van der Waals surface area contributed by atoms with Gasteiger partial charge in [0.05, 0.1) is 24.3 Å². The van der Waals surface area contributed by atoms with Crippen LogP contribution in [-0.2, 0) is 4.74 Å². The van der Waals surface area contributed by atoms with Gasteiger partial charge in [0.15, 0.2) is 5.82 Å². The Morgan fingerprint density at radius 1 is 1.00 bits per heavy atom. The largest absolute Gasteiger partial charge is 0.442 e. The molecule has 1 aromatic carbocycles. The molecule has 0 bridgehead atoms. The van der Waals surface area contributed by atoms with Crippen LogP contribution >= 0.6 is 0 Å². The third-order valence-corrected chi connectivity index (χ3v) is 5.78. The number of rotatable bonds is 4. The van der Waals surface area contributed by atoms with E-state index in [1.807, 2.05) is 39.0 Å². The van der Waals surface area contributed by atoms with E-state index in [9.17, 15) is 4.79 Å². The van der Waals surface area contributed by atoms with E-state index in [1.165, 1.54) is 0 Å². The van der Waals surface area contributed by atoms with Crippen LogP contribution < -0.4 is 15.1 Å². The Morgan fingerprint density at radius 2 is 1.75 bits per heavy atom. The SMILES string of the molecule is CC(C)(C)NC(=O)OC1CN(c2nccnc2C2CN(c3ccc4ccccc4n3)C2)C1. The number of anilines is 2. The molecule has 0 spiro atoms. The van der Waals surface area contributed by atoms with Crippen LogP contribution in [0.15, 0.2) is 48.8 Å². The first-order chi connectivity index (χ1) is 15.4. The van der Waals surface area contributed by atoms with Crippen molar-refractivity contribution in [3.63, 3.8) is 0 Å². The lowest BCUT2D eigenvalue weighted by molar-refractivity contribution is 0.0751. The van der Waals surface area contributed by atoms with Gasteiger partial charge in [-0.3, -0.25) is 4.98 Å². The van der Waals surface area contributed by atoms with E-state index in [0.717, 1.165) is 41.3 Å². The lowest BCUT2D eigenvalue weighted by Crippen LogP contribution is -2.56. The highest BCUT2D eigenvalue weighted by Crippen LogP contribution is 2.35. The number of hydrogen-bond acceptors (Lipinski definition) is 7. The number of amides is 1. The van der Waals surface area contributed by atoms with Gasteiger partial charge in [-0.1, -0.05) is 18.2 Å². The second-order valence-corrected chi connectivity index (χ2v) is 9.54. The molecule has 1 amide bonds. The molecule has 166 valence electrons. The van der Waals surface area contributed by atoms with Crippen LogP contribution in [0.3, 0.4) is 0 Å². The van der Waals surface area contributed by atoms with Crippen LogP contribution in [0, 0.1) is 0 Å². The number of carbonyl (C=O) groups excluding carboxylic acids is 1. The highest BCUT2D eigenvalue weighted by atomic mass is 16.6.